The van der Waals surface area contributed by atoms with Gasteiger partial charge in [0.2, 0.25) is 5.13 Å². The van der Waals surface area contributed by atoms with Crippen molar-refractivity contribution in [2.45, 2.75) is 46.1 Å². The van der Waals surface area contributed by atoms with Gasteiger partial charge >= 0.3 is 0 Å². The Hall–Kier alpha value is -0.680. The van der Waals surface area contributed by atoms with E-state index in [2.05, 4.69) is 42.1 Å². The quantitative estimate of drug-likeness (QED) is 0.813. The zero-order valence-electron chi connectivity index (χ0n) is 11.3. The Labute approximate surface area is 108 Å². The number of nitrogens with two attached hydrogens (primary N) is 1. The highest BCUT2D eigenvalue weighted by atomic mass is 32.1. The van der Waals surface area contributed by atoms with Crippen LogP contribution < -0.4 is 10.6 Å². The van der Waals surface area contributed by atoms with Crippen LogP contribution in [-0.2, 0) is 6.42 Å². The van der Waals surface area contributed by atoms with Crippen LogP contribution >= 0.6 is 11.5 Å². The molecule has 1 unspecified atom stereocenters. The van der Waals surface area contributed by atoms with Crippen LogP contribution in [0.3, 0.4) is 0 Å². The Morgan fingerprint density at radius 3 is 2.71 bits per heavy atom. The van der Waals surface area contributed by atoms with E-state index < -0.39 is 0 Å². The Morgan fingerprint density at radius 1 is 1.41 bits per heavy atom. The Bertz CT molecular complexity index is 324. The fraction of sp³-hybridized carbons (Fsp3) is 0.833. The number of aryl methyl sites for hydroxylation is 1. The maximum atomic E-state index is 6.04. The highest BCUT2D eigenvalue weighted by molar-refractivity contribution is 7.09. The van der Waals surface area contributed by atoms with Crippen LogP contribution in [0.4, 0.5) is 5.13 Å². The van der Waals surface area contributed by atoms with Crippen molar-refractivity contribution in [3.63, 3.8) is 0 Å². The molecule has 1 rings (SSSR count). The molecule has 0 saturated carbocycles. The van der Waals surface area contributed by atoms with Crippen LogP contribution in [0.5, 0.6) is 0 Å². The van der Waals surface area contributed by atoms with Gasteiger partial charge in [0.05, 0.1) is 0 Å². The number of rotatable bonds is 7. The fourth-order valence-corrected chi connectivity index (χ4v) is 2.19. The van der Waals surface area contributed by atoms with Crippen molar-refractivity contribution in [1.29, 1.82) is 0 Å². The van der Waals surface area contributed by atoms with E-state index >= 15 is 0 Å². The number of nitrogens with zero attached hydrogens (tertiary/aromatic N) is 3. The van der Waals surface area contributed by atoms with Crippen LogP contribution in [0.2, 0.25) is 0 Å². The van der Waals surface area contributed by atoms with Crippen molar-refractivity contribution >= 4 is 16.7 Å². The van der Waals surface area contributed by atoms with Crippen LogP contribution in [-0.4, -0.2) is 29.0 Å². The van der Waals surface area contributed by atoms with Crippen LogP contribution in [0.25, 0.3) is 0 Å². The van der Waals surface area contributed by atoms with Gasteiger partial charge in [0.1, 0.15) is 5.82 Å². The molecule has 5 heteroatoms. The van der Waals surface area contributed by atoms with E-state index in [9.17, 15) is 0 Å². The topological polar surface area (TPSA) is 55.0 Å². The maximum Gasteiger partial charge on any atom is 0.204 e. The zero-order chi connectivity index (χ0) is 12.8. The third kappa shape index (κ3) is 4.60. The van der Waals surface area contributed by atoms with E-state index in [1.807, 2.05) is 0 Å². The molecule has 1 aromatic heterocycles. The predicted octanol–water partition coefficient (Wildman–Crippen LogP) is 2.30. The average Bonchev–Trinajstić information content (AvgIpc) is 2.74. The van der Waals surface area contributed by atoms with Crippen molar-refractivity contribution < 1.29 is 0 Å². The van der Waals surface area contributed by atoms with Crippen molar-refractivity contribution in [1.82, 2.24) is 9.36 Å². The lowest BCUT2D eigenvalue weighted by Gasteiger charge is -2.20. The summed E-state index contributed by atoms with van der Waals surface area (Å²) in [5.74, 6) is 1.50. The first-order valence-electron chi connectivity index (χ1n) is 6.33. The van der Waals surface area contributed by atoms with Gasteiger partial charge < -0.3 is 10.6 Å². The standard InChI is InChI=1S/C12H24N4S/c1-5-6-11-14-12(17-15-11)16(4)8-7-10(13)9(2)3/h9-10H,5-8,13H2,1-4H3. The zero-order valence-corrected chi connectivity index (χ0v) is 12.1. The van der Waals surface area contributed by atoms with Gasteiger partial charge in [-0.1, -0.05) is 20.8 Å². The summed E-state index contributed by atoms with van der Waals surface area (Å²) >= 11 is 1.48. The van der Waals surface area contributed by atoms with E-state index in [-0.39, 0.29) is 6.04 Å². The Balaban J connectivity index is 2.43. The van der Waals surface area contributed by atoms with Gasteiger partial charge in [-0.15, -0.1) is 0 Å². The molecule has 4 nitrogen and oxygen atoms in total. The van der Waals surface area contributed by atoms with Crippen molar-refractivity contribution in [2.24, 2.45) is 11.7 Å². The minimum atomic E-state index is 0.264. The summed E-state index contributed by atoms with van der Waals surface area (Å²) in [5.41, 5.74) is 6.04. The minimum absolute atomic E-state index is 0.264. The molecule has 0 spiro atoms. The van der Waals surface area contributed by atoms with Crippen LogP contribution in [0.1, 0.15) is 39.4 Å². The van der Waals surface area contributed by atoms with Crippen LogP contribution in [0.15, 0.2) is 0 Å². The number of hydrogen-bond acceptors (Lipinski definition) is 5. The van der Waals surface area contributed by atoms with E-state index in [0.29, 0.717) is 5.92 Å². The summed E-state index contributed by atoms with van der Waals surface area (Å²) in [5, 5.41) is 1.00. The summed E-state index contributed by atoms with van der Waals surface area (Å²) < 4.78 is 4.35. The van der Waals surface area contributed by atoms with E-state index in [1.165, 1.54) is 11.5 Å². The molecule has 1 heterocycles. The van der Waals surface area contributed by atoms with E-state index in [4.69, 9.17) is 5.73 Å². The molecule has 17 heavy (non-hydrogen) atoms. The molecule has 0 aliphatic carbocycles. The van der Waals surface area contributed by atoms with Gasteiger partial charge in [0.25, 0.3) is 0 Å². The smallest absolute Gasteiger partial charge is 0.204 e. The lowest BCUT2D eigenvalue weighted by Crippen LogP contribution is -2.31. The Kier molecular flexibility index (Phi) is 5.85. The minimum Gasteiger partial charge on any atom is -0.350 e. The summed E-state index contributed by atoms with van der Waals surface area (Å²) in [6, 6.07) is 0.264. The molecule has 0 radical (unpaired) electrons. The largest absolute Gasteiger partial charge is 0.350 e. The molecule has 1 aromatic rings. The predicted molar refractivity (Wildman–Crippen MR) is 74.6 cm³/mol. The van der Waals surface area contributed by atoms with E-state index in [1.54, 1.807) is 0 Å². The van der Waals surface area contributed by atoms with Gasteiger partial charge in [-0.3, -0.25) is 0 Å². The molecule has 0 saturated heterocycles. The molecular weight excluding hydrogens is 232 g/mol. The normalized spacial score (nSPS) is 13.1. The molecule has 0 aliphatic rings. The first kappa shape index (κ1) is 14.4. The van der Waals surface area contributed by atoms with Gasteiger partial charge in [-0.05, 0) is 18.8 Å². The molecule has 0 bridgehead atoms. The second-order valence-corrected chi connectivity index (χ2v) is 5.59. The first-order valence-corrected chi connectivity index (χ1v) is 7.11. The maximum absolute atomic E-state index is 6.04. The highest BCUT2D eigenvalue weighted by Crippen LogP contribution is 2.17. The molecule has 0 aliphatic heterocycles. The van der Waals surface area contributed by atoms with Gasteiger partial charge in [0.15, 0.2) is 0 Å². The molecule has 98 valence electrons. The number of aromatic nitrogens is 2. The average molecular weight is 256 g/mol. The summed E-state index contributed by atoms with van der Waals surface area (Å²) in [4.78, 5) is 6.67. The van der Waals surface area contributed by atoms with Gasteiger partial charge in [-0.25, -0.2) is 4.98 Å². The highest BCUT2D eigenvalue weighted by Gasteiger charge is 2.12. The number of anilines is 1. The van der Waals surface area contributed by atoms with Crippen molar-refractivity contribution in [3.05, 3.63) is 5.82 Å². The number of hydrogen-bond donors (Lipinski definition) is 1. The molecular formula is C12H24N4S. The Morgan fingerprint density at radius 2 is 2.12 bits per heavy atom. The van der Waals surface area contributed by atoms with Crippen LogP contribution in [0, 0.1) is 5.92 Å². The summed E-state index contributed by atoms with van der Waals surface area (Å²) in [6.45, 7) is 7.41. The van der Waals surface area contributed by atoms with Gasteiger partial charge in [-0.2, -0.15) is 4.37 Å². The van der Waals surface area contributed by atoms with E-state index in [0.717, 1.165) is 36.8 Å². The second kappa shape index (κ2) is 6.91. The molecule has 1 atom stereocenters. The molecule has 2 N–H and O–H groups in total. The lowest BCUT2D eigenvalue weighted by atomic mass is 10.0. The molecule has 0 amide bonds. The summed E-state index contributed by atoms with van der Waals surface area (Å²) in [7, 11) is 2.06. The fourth-order valence-electron chi connectivity index (χ4n) is 1.50. The first-order chi connectivity index (χ1) is 8.04. The van der Waals surface area contributed by atoms with Crippen molar-refractivity contribution in [3.8, 4) is 0 Å². The third-order valence-corrected chi connectivity index (χ3v) is 3.78. The second-order valence-electron chi connectivity index (χ2n) is 4.86. The SMILES string of the molecule is CCCc1nsc(N(C)CCC(N)C(C)C)n1. The molecule has 0 fully saturated rings. The third-order valence-electron chi connectivity index (χ3n) is 2.91. The lowest BCUT2D eigenvalue weighted by molar-refractivity contribution is 0.466. The van der Waals surface area contributed by atoms with Crippen molar-refractivity contribution in [2.75, 3.05) is 18.5 Å². The monoisotopic (exact) mass is 256 g/mol. The summed E-state index contributed by atoms with van der Waals surface area (Å²) in [6.07, 6.45) is 3.06. The van der Waals surface area contributed by atoms with Gasteiger partial charge in [0, 0.05) is 37.6 Å². The molecule has 0 aromatic carbocycles.